The molecular formula is C11H13FO4. The minimum atomic E-state index is -0.901. The summed E-state index contributed by atoms with van der Waals surface area (Å²) >= 11 is 0. The lowest BCUT2D eigenvalue weighted by Crippen LogP contribution is -2.00. The zero-order valence-electron chi connectivity index (χ0n) is 9.12. The van der Waals surface area contributed by atoms with Crippen LogP contribution >= 0.6 is 0 Å². The maximum atomic E-state index is 13.5. The smallest absolute Gasteiger partial charge is 0.303 e. The van der Waals surface area contributed by atoms with Gasteiger partial charge in [-0.25, -0.2) is 0 Å². The number of benzene rings is 1. The fourth-order valence-electron chi connectivity index (χ4n) is 1.32. The Labute approximate surface area is 92.6 Å². The van der Waals surface area contributed by atoms with Gasteiger partial charge in [0, 0.05) is 6.42 Å². The Hall–Kier alpha value is -1.78. The third-order valence-corrected chi connectivity index (χ3v) is 2.13. The first kappa shape index (κ1) is 12.3. The van der Waals surface area contributed by atoms with E-state index in [9.17, 15) is 9.18 Å². The molecule has 0 aliphatic carbocycles. The third kappa shape index (κ3) is 2.85. The van der Waals surface area contributed by atoms with E-state index in [1.165, 1.54) is 26.4 Å². The number of hydrogen-bond acceptors (Lipinski definition) is 3. The predicted molar refractivity (Wildman–Crippen MR) is 55.5 cm³/mol. The molecule has 1 N–H and O–H groups in total. The molecule has 88 valence electrons. The number of hydrogen-bond donors (Lipinski definition) is 1. The molecule has 0 bridgehead atoms. The van der Waals surface area contributed by atoms with Crippen molar-refractivity contribution in [1.29, 1.82) is 0 Å². The minimum absolute atomic E-state index is 0.0159. The van der Waals surface area contributed by atoms with Crippen LogP contribution in [0.4, 0.5) is 4.39 Å². The van der Waals surface area contributed by atoms with E-state index in [0.29, 0.717) is 12.0 Å². The first-order valence-corrected chi connectivity index (χ1v) is 4.70. The highest BCUT2D eigenvalue weighted by Crippen LogP contribution is 2.28. The Balaban J connectivity index is 2.97. The molecule has 0 aliphatic rings. The van der Waals surface area contributed by atoms with E-state index >= 15 is 0 Å². The number of ether oxygens (including phenoxy) is 2. The highest BCUT2D eigenvalue weighted by molar-refractivity contribution is 5.67. The number of methoxy groups -OCH3 is 2. The number of aliphatic carboxylic acids is 1. The number of halogens is 1. The summed E-state index contributed by atoms with van der Waals surface area (Å²) in [7, 11) is 2.69. The van der Waals surface area contributed by atoms with E-state index in [0.717, 1.165) is 0 Å². The maximum Gasteiger partial charge on any atom is 0.303 e. The molecule has 1 aromatic rings. The van der Waals surface area contributed by atoms with Gasteiger partial charge in [0.25, 0.3) is 0 Å². The largest absolute Gasteiger partial charge is 0.494 e. The van der Waals surface area contributed by atoms with Crippen LogP contribution in [0.2, 0.25) is 0 Å². The van der Waals surface area contributed by atoms with Gasteiger partial charge in [0.1, 0.15) is 0 Å². The molecule has 0 saturated carbocycles. The van der Waals surface area contributed by atoms with Gasteiger partial charge < -0.3 is 14.6 Å². The Morgan fingerprint density at radius 3 is 2.19 bits per heavy atom. The average molecular weight is 228 g/mol. The summed E-state index contributed by atoms with van der Waals surface area (Å²) in [6, 6.07) is 2.95. The van der Waals surface area contributed by atoms with E-state index in [-0.39, 0.29) is 17.9 Å². The van der Waals surface area contributed by atoms with Gasteiger partial charge in [-0.05, 0) is 24.1 Å². The van der Waals surface area contributed by atoms with Crippen LogP contribution in [0.25, 0.3) is 0 Å². The van der Waals surface area contributed by atoms with E-state index < -0.39 is 11.8 Å². The molecule has 1 aromatic carbocycles. The summed E-state index contributed by atoms with van der Waals surface area (Å²) in [5, 5.41) is 8.55. The zero-order valence-corrected chi connectivity index (χ0v) is 9.12. The molecule has 4 nitrogen and oxygen atoms in total. The summed E-state index contributed by atoms with van der Waals surface area (Å²) in [6.07, 6.45) is 0.292. The molecule has 0 saturated heterocycles. The second kappa shape index (κ2) is 5.34. The lowest BCUT2D eigenvalue weighted by Gasteiger charge is -2.09. The van der Waals surface area contributed by atoms with Crippen molar-refractivity contribution in [3.05, 3.63) is 23.5 Å². The summed E-state index contributed by atoms with van der Waals surface area (Å²) in [4.78, 5) is 10.4. The van der Waals surface area contributed by atoms with Crippen molar-refractivity contribution in [2.45, 2.75) is 12.8 Å². The summed E-state index contributed by atoms with van der Waals surface area (Å²) in [5.74, 6) is -1.37. The van der Waals surface area contributed by atoms with Crippen molar-refractivity contribution in [3.63, 3.8) is 0 Å². The predicted octanol–water partition coefficient (Wildman–Crippen LogP) is 1.86. The van der Waals surface area contributed by atoms with Crippen molar-refractivity contribution < 1.29 is 23.8 Å². The first-order chi connectivity index (χ1) is 7.58. The molecule has 1 rings (SSSR count). The lowest BCUT2D eigenvalue weighted by molar-refractivity contribution is -0.136. The monoisotopic (exact) mass is 228 g/mol. The Kier molecular flexibility index (Phi) is 4.10. The third-order valence-electron chi connectivity index (χ3n) is 2.13. The van der Waals surface area contributed by atoms with Gasteiger partial charge in [0.05, 0.1) is 14.2 Å². The molecule has 0 heterocycles. The Bertz CT molecular complexity index is 365. The van der Waals surface area contributed by atoms with E-state index in [4.69, 9.17) is 14.6 Å². The minimum Gasteiger partial charge on any atom is -0.494 e. The second-order valence-corrected chi connectivity index (χ2v) is 3.21. The van der Waals surface area contributed by atoms with E-state index in [1.54, 1.807) is 0 Å². The molecule has 16 heavy (non-hydrogen) atoms. The van der Waals surface area contributed by atoms with Crippen molar-refractivity contribution >= 4 is 5.97 Å². The number of carboxylic acid groups (broad SMARTS) is 1. The topological polar surface area (TPSA) is 55.8 Å². The molecule has 0 unspecified atom stereocenters. The molecule has 0 radical (unpaired) electrons. The van der Waals surface area contributed by atoms with Gasteiger partial charge >= 0.3 is 5.97 Å². The zero-order chi connectivity index (χ0) is 12.1. The van der Waals surface area contributed by atoms with Crippen LogP contribution in [0, 0.1) is 5.82 Å². The molecular weight excluding hydrogens is 215 g/mol. The van der Waals surface area contributed by atoms with Crippen LogP contribution in [0.5, 0.6) is 11.5 Å². The highest BCUT2D eigenvalue weighted by atomic mass is 19.1. The van der Waals surface area contributed by atoms with Crippen LogP contribution in [0.3, 0.4) is 0 Å². The first-order valence-electron chi connectivity index (χ1n) is 4.70. The molecule has 0 amide bonds. The Morgan fingerprint density at radius 2 is 1.81 bits per heavy atom. The van der Waals surface area contributed by atoms with Gasteiger partial charge in [-0.1, -0.05) is 0 Å². The number of carbonyl (C=O) groups is 1. The average Bonchev–Trinajstić information content (AvgIpc) is 2.27. The summed E-state index contributed by atoms with van der Waals surface area (Å²) in [5.41, 5.74) is 0.664. The summed E-state index contributed by atoms with van der Waals surface area (Å²) in [6.45, 7) is 0. The van der Waals surface area contributed by atoms with Gasteiger partial charge in [-0.3, -0.25) is 4.79 Å². The van der Waals surface area contributed by atoms with Gasteiger partial charge in [-0.15, -0.1) is 0 Å². The maximum absolute atomic E-state index is 13.5. The number of carboxylic acids is 1. The molecule has 5 heteroatoms. The summed E-state index contributed by atoms with van der Waals surface area (Å²) < 4.78 is 23.2. The van der Waals surface area contributed by atoms with Crippen LogP contribution in [0.15, 0.2) is 12.1 Å². The Morgan fingerprint density at radius 1 is 1.31 bits per heavy atom. The van der Waals surface area contributed by atoms with Crippen molar-refractivity contribution in [3.8, 4) is 11.5 Å². The quantitative estimate of drug-likeness (QED) is 0.835. The number of aryl methyl sites for hydroxylation is 1. The SMILES string of the molecule is COc1cc(CCC(=O)O)cc(OC)c1F. The molecule has 0 aromatic heterocycles. The molecule has 0 fully saturated rings. The second-order valence-electron chi connectivity index (χ2n) is 3.21. The fraction of sp³-hybridized carbons (Fsp3) is 0.364. The van der Waals surface area contributed by atoms with Crippen LogP contribution < -0.4 is 9.47 Å². The van der Waals surface area contributed by atoms with Crippen molar-refractivity contribution in [2.24, 2.45) is 0 Å². The lowest BCUT2D eigenvalue weighted by atomic mass is 10.1. The van der Waals surface area contributed by atoms with Crippen LogP contribution in [-0.4, -0.2) is 25.3 Å². The highest BCUT2D eigenvalue weighted by Gasteiger charge is 2.12. The molecule has 0 spiro atoms. The molecule has 0 aliphatic heterocycles. The van der Waals surface area contributed by atoms with Crippen LogP contribution in [0.1, 0.15) is 12.0 Å². The standard InChI is InChI=1S/C11H13FO4/c1-15-8-5-7(3-4-10(13)14)6-9(16-2)11(8)12/h5-6H,3-4H2,1-2H3,(H,13,14). The van der Waals surface area contributed by atoms with Gasteiger partial charge in [0.15, 0.2) is 11.5 Å². The molecule has 0 atom stereocenters. The number of rotatable bonds is 5. The van der Waals surface area contributed by atoms with Gasteiger partial charge in [-0.2, -0.15) is 4.39 Å². The van der Waals surface area contributed by atoms with Crippen molar-refractivity contribution in [2.75, 3.05) is 14.2 Å². The van der Waals surface area contributed by atoms with E-state index in [2.05, 4.69) is 0 Å². The van der Waals surface area contributed by atoms with Gasteiger partial charge in [0.2, 0.25) is 5.82 Å². The van der Waals surface area contributed by atoms with E-state index in [1.807, 2.05) is 0 Å². The van der Waals surface area contributed by atoms with Crippen LogP contribution in [-0.2, 0) is 11.2 Å². The normalized spacial score (nSPS) is 9.94. The fourth-order valence-corrected chi connectivity index (χ4v) is 1.32. The van der Waals surface area contributed by atoms with Crippen molar-refractivity contribution in [1.82, 2.24) is 0 Å².